The standard InChI is InChI=1S/C15H19ClN4O2/c1-22-9-8-17-6-7-18-15(21)14-10-13(19-20-14)11-4-2-3-5-12(11)16/h2-5,10,17H,6-9H2,1H3,(H,18,21)(H,19,20). The minimum atomic E-state index is -0.195. The van der Waals surface area contributed by atoms with Gasteiger partial charge in [-0.2, -0.15) is 5.10 Å². The van der Waals surface area contributed by atoms with E-state index in [4.69, 9.17) is 16.3 Å². The number of nitrogens with one attached hydrogen (secondary N) is 3. The summed E-state index contributed by atoms with van der Waals surface area (Å²) in [6.07, 6.45) is 0. The summed E-state index contributed by atoms with van der Waals surface area (Å²) in [5.41, 5.74) is 1.85. The molecule has 0 saturated heterocycles. The van der Waals surface area contributed by atoms with Gasteiger partial charge in [-0.15, -0.1) is 0 Å². The maximum absolute atomic E-state index is 12.0. The number of nitrogens with zero attached hydrogens (tertiary/aromatic N) is 1. The molecule has 0 fully saturated rings. The molecule has 3 N–H and O–H groups in total. The summed E-state index contributed by atoms with van der Waals surface area (Å²) in [7, 11) is 1.65. The first kappa shape index (κ1) is 16.5. The first-order valence-corrected chi connectivity index (χ1v) is 7.38. The number of benzene rings is 1. The van der Waals surface area contributed by atoms with Crippen LogP contribution in [0.5, 0.6) is 0 Å². The lowest BCUT2D eigenvalue weighted by Gasteiger charge is -2.05. The lowest BCUT2D eigenvalue weighted by Crippen LogP contribution is -2.33. The van der Waals surface area contributed by atoms with E-state index in [-0.39, 0.29) is 5.91 Å². The van der Waals surface area contributed by atoms with E-state index >= 15 is 0 Å². The molecule has 0 atom stereocenters. The van der Waals surface area contributed by atoms with Crippen LogP contribution in [0.3, 0.4) is 0 Å². The van der Waals surface area contributed by atoms with Crippen molar-refractivity contribution in [1.29, 1.82) is 0 Å². The van der Waals surface area contributed by atoms with E-state index in [0.29, 0.717) is 36.1 Å². The highest BCUT2D eigenvalue weighted by atomic mass is 35.5. The van der Waals surface area contributed by atoms with Crippen molar-refractivity contribution >= 4 is 17.5 Å². The van der Waals surface area contributed by atoms with Gasteiger partial charge in [-0.3, -0.25) is 9.89 Å². The van der Waals surface area contributed by atoms with Crippen molar-refractivity contribution < 1.29 is 9.53 Å². The molecule has 0 aliphatic rings. The van der Waals surface area contributed by atoms with E-state index < -0.39 is 0 Å². The predicted octanol–water partition coefficient (Wildman–Crippen LogP) is 1.70. The largest absolute Gasteiger partial charge is 0.383 e. The Labute approximate surface area is 134 Å². The molecule has 118 valence electrons. The molecule has 2 rings (SSSR count). The minimum Gasteiger partial charge on any atom is -0.383 e. The lowest BCUT2D eigenvalue weighted by molar-refractivity contribution is 0.0948. The van der Waals surface area contributed by atoms with Gasteiger partial charge in [-0.1, -0.05) is 29.8 Å². The van der Waals surface area contributed by atoms with Crippen LogP contribution in [0.2, 0.25) is 5.02 Å². The Morgan fingerprint density at radius 1 is 1.32 bits per heavy atom. The van der Waals surface area contributed by atoms with E-state index in [1.165, 1.54) is 0 Å². The third-order valence-corrected chi connectivity index (χ3v) is 3.37. The molecule has 7 heteroatoms. The molecular formula is C15H19ClN4O2. The summed E-state index contributed by atoms with van der Waals surface area (Å²) in [4.78, 5) is 12.0. The smallest absolute Gasteiger partial charge is 0.269 e. The number of aromatic amines is 1. The van der Waals surface area contributed by atoms with Gasteiger partial charge < -0.3 is 15.4 Å². The second-order valence-corrected chi connectivity index (χ2v) is 5.05. The van der Waals surface area contributed by atoms with Crippen molar-refractivity contribution in [3.8, 4) is 11.3 Å². The SMILES string of the molecule is COCCNCCNC(=O)c1cc(-c2ccccc2Cl)n[nH]1. The van der Waals surface area contributed by atoms with Gasteiger partial charge in [-0.05, 0) is 12.1 Å². The highest BCUT2D eigenvalue weighted by Crippen LogP contribution is 2.26. The van der Waals surface area contributed by atoms with Gasteiger partial charge in [0.25, 0.3) is 5.91 Å². The average Bonchev–Trinajstić information content (AvgIpc) is 3.01. The molecule has 0 radical (unpaired) electrons. The zero-order valence-electron chi connectivity index (χ0n) is 12.4. The number of carbonyl (C=O) groups is 1. The van der Waals surface area contributed by atoms with Crippen molar-refractivity contribution in [3.05, 3.63) is 41.0 Å². The third kappa shape index (κ3) is 4.56. The van der Waals surface area contributed by atoms with Crippen LogP contribution in [0.4, 0.5) is 0 Å². The van der Waals surface area contributed by atoms with Crippen LogP contribution in [0.1, 0.15) is 10.5 Å². The van der Waals surface area contributed by atoms with Gasteiger partial charge in [0.05, 0.1) is 17.3 Å². The topological polar surface area (TPSA) is 79.0 Å². The Bertz CT molecular complexity index is 615. The molecule has 0 bridgehead atoms. The molecule has 0 aliphatic carbocycles. The van der Waals surface area contributed by atoms with Crippen LogP contribution < -0.4 is 10.6 Å². The second kappa shape index (κ2) is 8.53. The molecule has 1 amide bonds. The normalized spacial score (nSPS) is 10.6. The zero-order chi connectivity index (χ0) is 15.8. The predicted molar refractivity (Wildman–Crippen MR) is 86.1 cm³/mol. The Kier molecular flexibility index (Phi) is 6.39. The van der Waals surface area contributed by atoms with Crippen molar-refractivity contribution in [3.63, 3.8) is 0 Å². The van der Waals surface area contributed by atoms with E-state index in [2.05, 4.69) is 20.8 Å². The fraction of sp³-hybridized carbons (Fsp3) is 0.333. The van der Waals surface area contributed by atoms with Gasteiger partial charge in [0.1, 0.15) is 5.69 Å². The number of methoxy groups -OCH3 is 1. The Hall–Kier alpha value is -1.89. The van der Waals surface area contributed by atoms with E-state index in [0.717, 1.165) is 12.1 Å². The maximum atomic E-state index is 12.0. The summed E-state index contributed by atoms with van der Waals surface area (Å²) in [6, 6.07) is 9.07. The number of hydrogen-bond donors (Lipinski definition) is 3. The highest BCUT2D eigenvalue weighted by molar-refractivity contribution is 6.33. The number of halogens is 1. The molecule has 2 aromatic rings. The summed E-state index contributed by atoms with van der Waals surface area (Å²) in [5, 5.41) is 13.4. The van der Waals surface area contributed by atoms with Gasteiger partial charge in [0.15, 0.2) is 0 Å². The highest BCUT2D eigenvalue weighted by Gasteiger charge is 2.12. The van der Waals surface area contributed by atoms with Gasteiger partial charge >= 0.3 is 0 Å². The molecule has 0 spiro atoms. The third-order valence-electron chi connectivity index (χ3n) is 3.04. The van der Waals surface area contributed by atoms with Crippen molar-refractivity contribution in [2.45, 2.75) is 0 Å². The van der Waals surface area contributed by atoms with Gasteiger partial charge in [0, 0.05) is 32.3 Å². The molecule has 22 heavy (non-hydrogen) atoms. The molecule has 0 unspecified atom stereocenters. The molecular weight excluding hydrogens is 304 g/mol. The number of carbonyl (C=O) groups excluding carboxylic acids is 1. The zero-order valence-corrected chi connectivity index (χ0v) is 13.1. The van der Waals surface area contributed by atoms with Crippen molar-refractivity contribution in [2.24, 2.45) is 0 Å². The Balaban J connectivity index is 1.86. The van der Waals surface area contributed by atoms with Crippen LogP contribution in [0.15, 0.2) is 30.3 Å². The molecule has 1 heterocycles. The molecule has 1 aromatic carbocycles. The second-order valence-electron chi connectivity index (χ2n) is 4.65. The quantitative estimate of drug-likeness (QED) is 0.646. The number of amides is 1. The fourth-order valence-electron chi connectivity index (χ4n) is 1.90. The van der Waals surface area contributed by atoms with E-state index in [1.54, 1.807) is 19.2 Å². The first-order valence-electron chi connectivity index (χ1n) is 7.00. The molecule has 6 nitrogen and oxygen atoms in total. The Morgan fingerprint density at radius 3 is 2.91 bits per heavy atom. The number of hydrogen-bond acceptors (Lipinski definition) is 4. The number of rotatable bonds is 8. The van der Waals surface area contributed by atoms with Crippen LogP contribution >= 0.6 is 11.6 Å². The van der Waals surface area contributed by atoms with E-state index in [1.807, 2.05) is 18.2 Å². The summed E-state index contributed by atoms with van der Waals surface area (Å²) in [6.45, 7) is 2.62. The minimum absolute atomic E-state index is 0.195. The van der Waals surface area contributed by atoms with Crippen LogP contribution in [0, 0.1) is 0 Å². The van der Waals surface area contributed by atoms with E-state index in [9.17, 15) is 4.79 Å². The fourth-order valence-corrected chi connectivity index (χ4v) is 2.14. The van der Waals surface area contributed by atoms with Crippen LogP contribution in [-0.4, -0.2) is 49.5 Å². The molecule has 0 saturated carbocycles. The lowest BCUT2D eigenvalue weighted by atomic mass is 10.1. The maximum Gasteiger partial charge on any atom is 0.269 e. The van der Waals surface area contributed by atoms with Gasteiger partial charge in [0.2, 0.25) is 0 Å². The van der Waals surface area contributed by atoms with Crippen LogP contribution in [0.25, 0.3) is 11.3 Å². The molecule has 1 aromatic heterocycles. The number of H-pyrrole nitrogens is 1. The summed E-state index contributed by atoms with van der Waals surface area (Å²) in [5.74, 6) is -0.195. The van der Waals surface area contributed by atoms with Gasteiger partial charge in [-0.25, -0.2) is 0 Å². The first-order chi connectivity index (χ1) is 10.7. The van der Waals surface area contributed by atoms with Crippen LogP contribution in [-0.2, 0) is 4.74 Å². The molecule has 0 aliphatic heterocycles. The summed E-state index contributed by atoms with van der Waals surface area (Å²) < 4.78 is 4.92. The van der Waals surface area contributed by atoms with Crippen molar-refractivity contribution in [1.82, 2.24) is 20.8 Å². The number of aromatic nitrogens is 2. The summed E-state index contributed by atoms with van der Waals surface area (Å²) >= 11 is 6.12. The number of ether oxygens (including phenoxy) is 1. The van der Waals surface area contributed by atoms with Crippen molar-refractivity contribution in [2.75, 3.05) is 33.4 Å². The Morgan fingerprint density at radius 2 is 2.14 bits per heavy atom. The average molecular weight is 323 g/mol. The monoisotopic (exact) mass is 322 g/mol.